The van der Waals surface area contributed by atoms with Crippen LogP contribution in [-0.2, 0) is 0 Å². The summed E-state index contributed by atoms with van der Waals surface area (Å²) < 4.78 is 6.91. The van der Waals surface area contributed by atoms with Crippen molar-refractivity contribution in [1.82, 2.24) is 15.0 Å². The fourth-order valence-electron chi connectivity index (χ4n) is 2.25. The van der Waals surface area contributed by atoms with Crippen LogP contribution in [0.1, 0.15) is 10.5 Å². The summed E-state index contributed by atoms with van der Waals surface area (Å²) in [7, 11) is 1.57. The van der Waals surface area contributed by atoms with Gasteiger partial charge >= 0.3 is 0 Å². The second-order valence-electron chi connectivity index (χ2n) is 4.50. The lowest BCUT2D eigenvalue weighted by Gasteiger charge is -2.11. The Labute approximate surface area is 132 Å². The van der Waals surface area contributed by atoms with Crippen molar-refractivity contribution in [2.24, 2.45) is 0 Å². The van der Waals surface area contributed by atoms with Crippen LogP contribution in [0.5, 0.6) is 5.75 Å². The highest BCUT2D eigenvalue weighted by Crippen LogP contribution is 2.32. The van der Waals surface area contributed by atoms with Gasteiger partial charge in [0.2, 0.25) is 0 Å². The van der Waals surface area contributed by atoms with Gasteiger partial charge in [-0.05, 0) is 18.2 Å². The summed E-state index contributed by atoms with van der Waals surface area (Å²) in [5, 5.41) is 8.53. The molecule has 0 aliphatic carbocycles. The number of ether oxygens (including phenoxy) is 1. The second kappa shape index (κ2) is 5.99. The smallest absolute Gasteiger partial charge is 0.172 e. The molecule has 110 valence electrons. The van der Waals surface area contributed by atoms with E-state index in [1.54, 1.807) is 17.9 Å². The number of carbonyl (C=O) groups is 1. The van der Waals surface area contributed by atoms with Crippen LogP contribution < -0.4 is 4.74 Å². The Bertz CT molecular complexity index is 830. The molecule has 0 spiro atoms. The van der Waals surface area contributed by atoms with Gasteiger partial charge in [0.15, 0.2) is 12.0 Å². The van der Waals surface area contributed by atoms with Crippen molar-refractivity contribution < 1.29 is 9.53 Å². The maximum Gasteiger partial charge on any atom is 0.172 e. The lowest BCUT2D eigenvalue weighted by Crippen LogP contribution is -2.02. The zero-order valence-electron chi connectivity index (χ0n) is 11.7. The van der Waals surface area contributed by atoms with Gasteiger partial charge in [-0.15, -0.1) is 5.10 Å². The fourth-order valence-corrected chi connectivity index (χ4v) is 2.48. The molecule has 0 amide bonds. The normalized spacial score (nSPS) is 10.5. The molecule has 3 rings (SSSR count). The largest absolute Gasteiger partial charge is 0.494 e. The van der Waals surface area contributed by atoms with E-state index in [4.69, 9.17) is 16.3 Å². The lowest BCUT2D eigenvalue weighted by molar-refractivity contribution is 0.111. The third kappa shape index (κ3) is 2.35. The molecule has 1 aromatic heterocycles. The molecule has 0 saturated carbocycles. The maximum absolute atomic E-state index is 11.3. The van der Waals surface area contributed by atoms with Gasteiger partial charge in [-0.1, -0.05) is 47.1 Å². The predicted octanol–water partition coefficient (Wildman–Crippen LogP) is 3.41. The van der Waals surface area contributed by atoms with E-state index >= 15 is 0 Å². The third-order valence-corrected chi connectivity index (χ3v) is 3.58. The van der Waals surface area contributed by atoms with E-state index in [0.717, 1.165) is 0 Å². The number of hydrogen-bond acceptors (Lipinski definition) is 4. The number of aromatic nitrogens is 3. The zero-order chi connectivity index (χ0) is 15.5. The number of rotatable bonds is 4. The molecule has 2 aromatic carbocycles. The molecule has 0 radical (unpaired) electrons. The second-order valence-corrected chi connectivity index (χ2v) is 4.91. The van der Waals surface area contributed by atoms with E-state index in [1.807, 2.05) is 42.5 Å². The van der Waals surface area contributed by atoms with Crippen LogP contribution in [0.2, 0.25) is 5.02 Å². The number of aldehydes is 1. The van der Waals surface area contributed by atoms with Gasteiger partial charge in [-0.2, -0.15) is 0 Å². The first-order valence-corrected chi connectivity index (χ1v) is 6.93. The van der Waals surface area contributed by atoms with Crippen LogP contribution in [0.3, 0.4) is 0 Å². The highest BCUT2D eigenvalue weighted by molar-refractivity contribution is 6.33. The van der Waals surface area contributed by atoms with Crippen molar-refractivity contribution in [3.05, 3.63) is 59.2 Å². The molecule has 0 N–H and O–H groups in total. The molecule has 6 heteroatoms. The Morgan fingerprint density at radius 3 is 2.59 bits per heavy atom. The number of halogens is 1. The highest BCUT2D eigenvalue weighted by atomic mass is 35.5. The van der Waals surface area contributed by atoms with Gasteiger partial charge in [0.25, 0.3) is 0 Å². The van der Waals surface area contributed by atoms with Crippen LogP contribution in [0.25, 0.3) is 16.9 Å². The Kier molecular flexibility index (Phi) is 3.89. The van der Waals surface area contributed by atoms with Gasteiger partial charge < -0.3 is 4.74 Å². The Morgan fingerprint density at radius 1 is 1.14 bits per heavy atom. The standard InChI is InChI=1S/C16H12ClN3O2/c1-22-15-9-5-4-8-14(15)20-16(13(10-21)18-19-20)11-6-2-3-7-12(11)17/h2-10H,1H3. The van der Waals surface area contributed by atoms with Crippen molar-refractivity contribution in [2.45, 2.75) is 0 Å². The van der Waals surface area contributed by atoms with E-state index in [2.05, 4.69) is 10.3 Å². The van der Waals surface area contributed by atoms with Gasteiger partial charge in [0, 0.05) is 5.56 Å². The molecule has 22 heavy (non-hydrogen) atoms. The topological polar surface area (TPSA) is 57.0 Å². The number of para-hydroxylation sites is 2. The first kappa shape index (κ1) is 14.3. The van der Waals surface area contributed by atoms with E-state index in [9.17, 15) is 4.79 Å². The van der Waals surface area contributed by atoms with E-state index in [1.165, 1.54) is 0 Å². The summed E-state index contributed by atoms with van der Waals surface area (Å²) in [6.07, 6.45) is 0.664. The van der Waals surface area contributed by atoms with Crippen LogP contribution in [0, 0.1) is 0 Å². The SMILES string of the molecule is COc1ccccc1-n1nnc(C=O)c1-c1ccccc1Cl. The van der Waals surface area contributed by atoms with Gasteiger partial charge in [0.05, 0.1) is 12.1 Å². The maximum atomic E-state index is 11.3. The summed E-state index contributed by atoms with van der Waals surface area (Å²) in [6.45, 7) is 0. The van der Waals surface area contributed by atoms with E-state index in [0.29, 0.717) is 34.0 Å². The molecule has 0 atom stereocenters. The van der Waals surface area contributed by atoms with Crippen molar-refractivity contribution in [3.63, 3.8) is 0 Å². The van der Waals surface area contributed by atoms with Crippen LogP contribution in [-0.4, -0.2) is 28.4 Å². The molecule has 1 heterocycles. The quantitative estimate of drug-likeness (QED) is 0.693. The Hall–Kier alpha value is -2.66. The van der Waals surface area contributed by atoms with Gasteiger partial charge in [-0.3, -0.25) is 4.79 Å². The Balaban J connectivity index is 2.29. The number of methoxy groups -OCH3 is 1. The van der Waals surface area contributed by atoms with E-state index in [-0.39, 0.29) is 5.69 Å². The summed E-state index contributed by atoms with van der Waals surface area (Å²) in [5.74, 6) is 0.623. The fraction of sp³-hybridized carbons (Fsp3) is 0.0625. The lowest BCUT2D eigenvalue weighted by atomic mass is 10.1. The van der Waals surface area contributed by atoms with Gasteiger partial charge in [-0.25, -0.2) is 4.68 Å². The first-order chi connectivity index (χ1) is 10.8. The highest BCUT2D eigenvalue weighted by Gasteiger charge is 2.19. The first-order valence-electron chi connectivity index (χ1n) is 6.55. The van der Waals surface area contributed by atoms with Crippen LogP contribution in [0.4, 0.5) is 0 Å². The molecule has 5 nitrogen and oxygen atoms in total. The molecular formula is C16H12ClN3O2. The number of benzene rings is 2. The molecule has 0 unspecified atom stereocenters. The molecule has 3 aromatic rings. The summed E-state index contributed by atoms with van der Waals surface area (Å²) >= 11 is 6.26. The minimum absolute atomic E-state index is 0.221. The number of nitrogens with zero attached hydrogens (tertiary/aromatic N) is 3. The van der Waals surface area contributed by atoms with Gasteiger partial charge in [0.1, 0.15) is 17.1 Å². The number of hydrogen-bond donors (Lipinski definition) is 0. The molecule has 0 saturated heterocycles. The Morgan fingerprint density at radius 2 is 1.86 bits per heavy atom. The van der Waals surface area contributed by atoms with Crippen molar-refractivity contribution in [1.29, 1.82) is 0 Å². The summed E-state index contributed by atoms with van der Waals surface area (Å²) in [6, 6.07) is 14.6. The van der Waals surface area contributed by atoms with Crippen LogP contribution >= 0.6 is 11.6 Å². The monoisotopic (exact) mass is 313 g/mol. The summed E-state index contributed by atoms with van der Waals surface area (Å²) in [4.78, 5) is 11.3. The minimum Gasteiger partial charge on any atom is -0.494 e. The minimum atomic E-state index is 0.221. The average molecular weight is 314 g/mol. The van der Waals surface area contributed by atoms with Crippen molar-refractivity contribution in [3.8, 4) is 22.7 Å². The molecule has 0 aliphatic rings. The molecular weight excluding hydrogens is 302 g/mol. The third-order valence-electron chi connectivity index (χ3n) is 3.25. The predicted molar refractivity (Wildman–Crippen MR) is 83.7 cm³/mol. The van der Waals surface area contributed by atoms with Crippen molar-refractivity contribution >= 4 is 17.9 Å². The zero-order valence-corrected chi connectivity index (χ0v) is 12.5. The molecule has 0 aliphatic heterocycles. The molecule has 0 bridgehead atoms. The molecule has 0 fully saturated rings. The van der Waals surface area contributed by atoms with Crippen molar-refractivity contribution in [2.75, 3.05) is 7.11 Å². The van der Waals surface area contributed by atoms with E-state index < -0.39 is 0 Å². The number of carbonyl (C=O) groups excluding carboxylic acids is 1. The average Bonchev–Trinajstić information content (AvgIpc) is 2.98. The van der Waals surface area contributed by atoms with Crippen LogP contribution in [0.15, 0.2) is 48.5 Å². The summed E-state index contributed by atoms with van der Waals surface area (Å²) in [5.41, 5.74) is 2.12.